The molecule has 1 amide bonds. The van der Waals surface area contributed by atoms with Gasteiger partial charge in [0.05, 0.1) is 6.04 Å². The van der Waals surface area contributed by atoms with Gasteiger partial charge in [0.25, 0.3) is 6.01 Å². The maximum absolute atomic E-state index is 13.5. The number of anilines is 1. The van der Waals surface area contributed by atoms with Gasteiger partial charge in [-0.05, 0) is 37.8 Å². The van der Waals surface area contributed by atoms with Gasteiger partial charge in [0.15, 0.2) is 11.4 Å². The number of benzene rings is 1. The van der Waals surface area contributed by atoms with Gasteiger partial charge in [0.1, 0.15) is 5.52 Å². The maximum atomic E-state index is 13.5. The predicted octanol–water partition coefficient (Wildman–Crippen LogP) is 3.88. The number of aromatic nitrogens is 3. The molecule has 2 fully saturated rings. The first-order valence-corrected chi connectivity index (χ1v) is 10.9. The highest BCUT2D eigenvalue weighted by Gasteiger charge is 2.35. The van der Waals surface area contributed by atoms with Crippen molar-refractivity contribution in [2.24, 2.45) is 5.92 Å². The van der Waals surface area contributed by atoms with Crippen LogP contribution >= 0.6 is 0 Å². The summed E-state index contributed by atoms with van der Waals surface area (Å²) in [6.45, 7) is 4.09. The van der Waals surface area contributed by atoms with Gasteiger partial charge in [0, 0.05) is 32.5 Å². The fourth-order valence-electron chi connectivity index (χ4n) is 4.64. The van der Waals surface area contributed by atoms with Crippen LogP contribution in [0.25, 0.3) is 11.1 Å². The van der Waals surface area contributed by atoms with E-state index in [1.165, 1.54) is 0 Å². The third-order valence-electron chi connectivity index (χ3n) is 6.27. The second-order valence-corrected chi connectivity index (χ2v) is 8.29. The fourth-order valence-corrected chi connectivity index (χ4v) is 4.64. The SMILES string of the molecule is Cc1nc([C@H]2CCCCCN2C(=O)C2CCN(c3nc4ccccc4o3)CC2)no1. The van der Waals surface area contributed by atoms with E-state index in [1.54, 1.807) is 6.92 Å². The minimum Gasteiger partial charge on any atom is -0.423 e. The molecule has 0 N–H and O–H groups in total. The highest BCUT2D eigenvalue weighted by molar-refractivity contribution is 5.80. The zero-order chi connectivity index (χ0) is 20.5. The number of para-hydroxylation sites is 2. The molecule has 2 aliphatic heterocycles. The number of fused-ring (bicyclic) bond motifs is 1. The predicted molar refractivity (Wildman–Crippen MR) is 111 cm³/mol. The lowest BCUT2D eigenvalue weighted by molar-refractivity contribution is -0.139. The van der Waals surface area contributed by atoms with Crippen molar-refractivity contribution >= 4 is 23.0 Å². The average molecular weight is 409 g/mol. The molecule has 0 saturated carbocycles. The molecule has 0 bridgehead atoms. The van der Waals surface area contributed by atoms with E-state index in [1.807, 2.05) is 29.2 Å². The van der Waals surface area contributed by atoms with Gasteiger partial charge in [-0.15, -0.1) is 0 Å². The molecule has 1 aromatic carbocycles. The van der Waals surface area contributed by atoms with Crippen molar-refractivity contribution in [3.8, 4) is 0 Å². The Morgan fingerprint density at radius 2 is 1.87 bits per heavy atom. The van der Waals surface area contributed by atoms with Gasteiger partial charge in [-0.2, -0.15) is 9.97 Å². The Morgan fingerprint density at radius 1 is 1.03 bits per heavy atom. The summed E-state index contributed by atoms with van der Waals surface area (Å²) in [5, 5.41) is 4.12. The highest BCUT2D eigenvalue weighted by atomic mass is 16.5. The minimum atomic E-state index is -0.0764. The minimum absolute atomic E-state index is 0.0132. The van der Waals surface area contributed by atoms with Gasteiger partial charge in [-0.25, -0.2) is 0 Å². The molecule has 4 heterocycles. The van der Waals surface area contributed by atoms with Crippen LogP contribution in [0.5, 0.6) is 0 Å². The second kappa shape index (κ2) is 8.08. The quantitative estimate of drug-likeness (QED) is 0.648. The van der Waals surface area contributed by atoms with Crippen molar-refractivity contribution in [3.05, 3.63) is 36.0 Å². The summed E-state index contributed by atoms with van der Waals surface area (Å²) in [5.74, 6) is 1.43. The molecule has 8 nitrogen and oxygen atoms in total. The van der Waals surface area contributed by atoms with Crippen molar-refractivity contribution in [1.82, 2.24) is 20.0 Å². The summed E-state index contributed by atoms with van der Waals surface area (Å²) < 4.78 is 11.1. The van der Waals surface area contributed by atoms with Crippen LogP contribution in [-0.2, 0) is 4.79 Å². The van der Waals surface area contributed by atoms with Crippen LogP contribution in [0, 0.1) is 12.8 Å². The summed E-state index contributed by atoms with van der Waals surface area (Å²) in [6, 6.07) is 8.37. The lowest BCUT2D eigenvalue weighted by Gasteiger charge is -2.35. The van der Waals surface area contributed by atoms with Crippen LogP contribution in [0.1, 0.15) is 56.3 Å². The lowest BCUT2D eigenvalue weighted by atomic mass is 9.94. The number of carbonyl (C=O) groups excluding carboxylic acids is 1. The molecular formula is C22H27N5O3. The monoisotopic (exact) mass is 409 g/mol. The first-order chi connectivity index (χ1) is 14.7. The van der Waals surface area contributed by atoms with Crippen molar-refractivity contribution in [3.63, 3.8) is 0 Å². The number of likely N-dealkylation sites (tertiary alicyclic amines) is 1. The van der Waals surface area contributed by atoms with E-state index >= 15 is 0 Å². The first kappa shape index (κ1) is 19.1. The summed E-state index contributed by atoms with van der Waals surface area (Å²) in [4.78, 5) is 26.6. The van der Waals surface area contributed by atoms with E-state index in [9.17, 15) is 4.79 Å². The van der Waals surface area contributed by atoms with E-state index in [0.29, 0.717) is 17.7 Å². The number of oxazole rings is 1. The molecular weight excluding hydrogens is 382 g/mol. The average Bonchev–Trinajstić information content (AvgIpc) is 3.32. The molecule has 0 unspecified atom stereocenters. The van der Waals surface area contributed by atoms with Gasteiger partial charge < -0.3 is 18.7 Å². The molecule has 0 radical (unpaired) electrons. The van der Waals surface area contributed by atoms with Gasteiger partial charge >= 0.3 is 0 Å². The Labute approximate surface area is 175 Å². The van der Waals surface area contributed by atoms with Crippen LogP contribution in [-0.4, -0.2) is 45.6 Å². The van der Waals surface area contributed by atoms with Crippen molar-refractivity contribution in [1.29, 1.82) is 0 Å². The number of piperidine rings is 1. The van der Waals surface area contributed by atoms with Crippen molar-refractivity contribution < 1.29 is 13.7 Å². The van der Waals surface area contributed by atoms with E-state index in [4.69, 9.17) is 8.94 Å². The Balaban J connectivity index is 1.28. The van der Waals surface area contributed by atoms with E-state index in [0.717, 1.165) is 69.3 Å². The van der Waals surface area contributed by atoms with Crippen LogP contribution in [0.2, 0.25) is 0 Å². The molecule has 1 atom stereocenters. The second-order valence-electron chi connectivity index (χ2n) is 8.29. The van der Waals surface area contributed by atoms with E-state index in [-0.39, 0.29) is 17.9 Å². The third kappa shape index (κ3) is 3.66. The third-order valence-corrected chi connectivity index (χ3v) is 6.27. The van der Waals surface area contributed by atoms with Gasteiger partial charge in [0.2, 0.25) is 11.8 Å². The lowest BCUT2D eigenvalue weighted by Crippen LogP contribution is -2.44. The van der Waals surface area contributed by atoms with Gasteiger partial charge in [-0.3, -0.25) is 4.79 Å². The van der Waals surface area contributed by atoms with E-state index < -0.39 is 0 Å². The molecule has 2 aromatic heterocycles. The molecule has 0 spiro atoms. The Hall–Kier alpha value is -2.90. The molecule has 30 heavy (non-hydrogen) atoms. The number of nitrogens with zero attached hydrogens (tertiary/aromatic N) is 5. The number of amides is 1. The normalized spacial score (nSPS) is 21.2. The molecule has 2 saturated heterocycles. The molecule has 2 aliphatic rings. The van der Waals surface area contributed by atoms with Crippen LogP contribution < -0.4 is 4.90 Å². The first-order valence-electron chi connectivity index (χ1n) is 10.9. The Morgan fingerprint density at radius 3 is 2.63 bits per heavy atom. The highest BCUT2D eigenvalue weighted by Crippen LogP contribution is 2.33. The fraction of sp³-hybridized carbons (Fsp3) is 0.545. The molecule has 0 aliphatic carbocycles. The number of hydrogen-bond acceptors (Lipinski definition) is 7. The number of rotatable bonds is 3. The van der Waals surface area contributed by atoms with Crippen LogP contribution in [0.3, 0.4) is 0 Å². The van der Waals surface area contributed by atoms with Crippen LogP contribution in [0.15, 0.2) is 33.2 Å². The van der Waals surface area contributed by atoms with Crippen molar-refractivity contribution in [2.45, 2.75) is 51.5 Å². The van der Waals surface area contributed by atoms with Crippen molar-refractivity contribution in [2.75, 3.05) is 24.5 Å². The summed E-state index contributed by atoms with van der Waals surface area (Å²) >= 11 is 0. The maximum Gasteiger partial charge on any atom is 0.298 e. The molecule has 5 rings (SSSR count). The number of aryl methyl sites for hydroxylation is 1. The number of hydrogen-bond donors (Lipinski definition) is 0. The number of carbonyl (C=O) groups is 1. The topological polar surface area (TPSA) is 88.5 Å². The smallest absolute Gasteiger partial charge is 0.298 e. The summed E-state index contributed by atoms with van der Waals surface area (Å²) in [7, 11) is 0. The molecule has 3 aromatic rings. The Kier molecular flexibility index (Phi) is 5.14. The summed E-state index contributed by atoms with van der Waals surface area (Å²) in [6.07, 6.45) is 5.73. The summed E-state index contributed by atoms with van der Waals surface area (Å²) in [5.41, 5.74) is 1.67. The molecule has 8 heteroatoms. The zero-order valence-corrected chi connectivity index (χ0v) is 17.3. The molecule has 158 valence electrons. The standard InChI is InChI=1S/C22H27N5O3/c1-15-23-20(25-30-15)18-8-3-2-6-12-27(18)21(28)16-10-13-26(14-11-16)22-24-17-7-4-5-9-19(17)29-22/h4-5,7,9,16,18H,2-3,6,8,10-14H2,1H3/t18-/m1/s1. The Bertz CT molecular complexity index is 988. The zero-order valence-electron chi connectivity index (χ0n) is 17.3. The van der Waals surface area contributed by atoms with E-state index in [2.05, 4.69) is 20.0 Å². The van der Waals surface area contributed by atoms with Gasteiger partial charge in [-0.1, -0.05) is 30.1 Å². The largest absolute Gasteiger partial charge is 0.423 e. The van der Waals surface area contributed by atoms with Crippen LogP contribution in [0.4, 0.5) is 6.01 Å².